The quantitative estimate of drug-likeness (QED) is 0.589. The number of hydrogen-bond acceptors (Lipinski definition) is 5. The van der Waals surface area contributed by atoms with E-state index in [0.717, 1.165) is 37.7 Å². The minimum absolute atomic E-state index is 0.00991. The number of ether oxygens (including phenoxy) is 1. The molecule has 0 bridgehead atoms. The Labute approximate surface area is 143 Å². The molecule has 0 spiro atoms. The fraction of sp³-hybridized carbons (Fsp3) is 0.667. The Morgan fingerprint density at radius 1 is 1.21 bits per heavy atom. The van der Waals surface area contributed by atoms with Crippen molar-refractivity contribution < 1.29 is 9.66 Å². The van der Waals surface area contributed by atoms with Gasteiger partial charge < -0.3 is 14.5 Å². The lowest BCUT2D eigenvalue weighted by atomic mass is 10.0. The highest BCUT2D eigenvalue weighted by molar-refractivity contribution is 5.62. The van der Waals surface area contributed by atoms with Crippen LogP contribution in [0.4, 0.5) is 11.4 Å². The number of anilines is 1. The molecule has 0 unspecified atom stereocenters. The Hall–Kier alpha value is -1.82. The van der Waals surface area contributed by atoms with E-state index >= 15 is 0 Å². The summed E-state index contributed by atoms with van der Waals surface area (Å²) >= 11 is 0. The van der Waals surface area contributed by atoms with Crippen molar-refractivity contribution in [2.24, 2.45) is 0 Å². The fourth-order valence-corrected chi connectivity index (χ4v) is 3.52. The number of nitrogens with zero attached hydrogens (tertiary/aromatic N) is 3. The summed E-state index contributed by atoms with van der Waals surface area (Å²) < 4.78 is 5.86. The molecule has 1 aromatic carbocycles. The molecular formula is C18H27N3O3. The van der Waals surface area contributed by atoms with E-state index in [0.29, 0.717) is 11.8 Å². The fourth-order valence-electron chi connectivity index (χ4n) is 3.52. The van der Waals surface area contributed by atoms with Crippen molar-refractivity contribution in [2.45, 2.75) is 57.7 Å². The lowest BCUT2D eigenvalue weighted by Crippen LogP contribution is -2.44. The summed E-state index contributed by atoms with van der Waals surface area (Å²) in [5.74, 6) is 0.619. The summed E-state index contributed by atoms with van der Waals surface area (Å²) in [7, 11) is 2.25. The van der Waals surface area contributed by atoms with Crippen molar-refractivity contribution >= 4 is 11.4 Å². The van der Waals surface area contributed by atoms with Crippen LogP contribution < -0.4 is 9.64 Å². The van der Waals surface area contributed by atoms with Gasteiger partial charge in [0.25, 0.3) is 5.69 Å². The van der Waals surface area contributed by atoms with Crippen molar-refractivity contribution in [3.8, 4) is 5.75 Å². The van der Waals surface area contributed by atoms with E-state index in [-0.39, 0.29) is 16.7 Å². The molecule has 0 aromatic heterocycles. The number of nitro groups is 1. The normalized spacial score (nSPS) is 19.1. The van der Waals surface area contributed by atoms with Gasteiger partial charge in [-0.05, 0) is 52.6 Å². The highest BCUT2D eigenvalue weighted by Gasteiger charge is 2.33. The van der Waals surface area contributed by atoms with E-state index in [2.05, 4.69) is 16.8 Å². The van der Waals surface area contributed by atoms with Crippen molar-refractivity contribution in [1.29, 1.82) is 0 Å². The lowest BCUT2D eigenvalue weighted by molar-refractivity contribution is -0.384. The van der Waals surface area contributed by atoms with Gasteiger partial charge in [0.15, 0.2) is 0 Å². The third-order valence-corrected chi connectivity index (χ3v) is 5.02. The Morgan fingerprint density at radius 3 is 2.38 bits per heavy atom. The topological polar surface area (TPSA) is 58.9 Å². The molecule has 1 heterocycles. The summed E-state index contributed by atoms with van der Waals surface area (Å²) in [5.41, 5.74) is 1.06. The number of rotatable bonds is 6. The molecule has 1 aliphatic heterocycles. The average Bonchev–Trinajstić information content (AvgIpc) is 3.38. The maximum Gasteiger partial charge on any atom is 0.273 e. The molecule has 1 saturated heterocycles. The van der Waals surface area contributed by atoms with Gasteiger partial charge in [-0.25, -0.2) is 0 Å². The average molecular weight is 333 g/mol. The molecule has 24 heavy (non-hydrogen) atoms. The van der Waals surface area contributed by atoms with Crippen molar-refractivity contribution in [2.75, 3.05) is 25.0 Å². The predicted molar refractivity (Wildman–Crippen MR) is 94.9 cm³/mol. The van der Waals surface area contributed by atoms with Gasteiger partial charge in [0, 0.05) is 31.2 Å². The van der Waals surface area contributed by atoms with E-state index in [9.17, 15) is 10.1 Å². The first-order valence-electron chi connectivity index (χ1n) is 8.87. The molecule has 1 aromatic rings. The van der Waals surface area contributed by atoms with E-state index < -0.39 is 0 Å². The third-order valence-electron chi connectivity index (χ3n) is 5.02. The standard InChI is InChI=1S/C18H27N3O3/c1-13(2)24-18-12-16(21(22)23)6-7-17(18)20-10-8-15(9-11-20)19(3)14-4-5-14/h6-7,12-15H,4-5,8-11H2,1-3H3. The molecule has 0 N–H and O–H groups in total. The summed E-state index contributed by atoms with van der Waals surface area (Å²) in [5, 5.41) is 11.0. The predicted octanol–water partition coefficient (Wildman–Crippen LogP) is 3.45. The van der Waals surface area contributed by atoms with Crippen LogP contribution in [-0.2, 0) is 0 Å². The number of hydrogen-bond donors (Lipinski definition) is 0. The van der Waals surface area contributed by atoms with Crippen LogP contribution in [0, 0.1) is 10.1 Å². The zero-order chi connectivity index (χ0) is 17.3. The van der Waals surface area contributed by atoms with E-state index in [1.165, 1.54) is 12.8 Å². The highest BCUT2D eigenvalue weighted by Crippen LogP contribution is 2.36. The highest BCUT2D eigenvalue weighted by atomic mass is 16.6. The molecule has 0 atom stereocenters. The first-order valence-corrected chi connectivity index (χ1v) is 8.87. The van der Waals surface area contributed by atoms with Gasteiger partial charge in [0.05, 0.1) is 22.8 Å². The van der Waals surface area contributed by atoms with Crippen LogP contribution >= 0.6 is 0 Å². The molecule has 0 radical (unpaired) electrons. The van der Waals surface area contributed by atoms with Crippen LogP contribution in [0.1, 0.15) is 39.5 Å². The molecule has 2 aliphatic rings. The Bertz CT molecular complexity index is 593. The minimum Gasteiger partial charge on any atom is -0.489 e. The first kappa shape index (κ1) is 17.0. The van der Waals surface area contributed by atoms with Gasteiger partial charge in [-0.3, -0.25) is 10.1 Å². The monoisotopic (exact) mass is 333 g/mol. The van der Waals surface area contributed by atoms with Gasteiger partial charge in [-0.1, -0.05) is 0 Å². The van der Waals surface area contributed by atoms with Gasteiger partial charge in [0.1, 0.15) is 5.75 Å². The van der Waals surface area contributed by atoms with Crippen molar-refractivity contribution in [3.05, 3.63) is 28.3 Å². The second-order valence-electron chi connectivity index (χ2n) is 7.19. The van der Waals surface area contributed by atoms with Gasteiger partial charge >= 0.3 is 0 Å². The van der Waals surface area contributed by atoms with E-state index in [1.54, 1.807) is 12.1 Å². The summed E-state index contributed by atoms with van der Waals surface area (Å²) in [4.78, 5) is 15.5. The van der Waals surface area contributed by atoms with Crippen LogP contribution in [-0.4, -0.2) is 48.1 Å². The summed E-state index contributed by atoms with van der Waals surface area (Å²) in [6, 6.07) is 6.41. The van der Waals surface area contributed by atoms with Crippen LogP contribution in [0.5, 0.6) is 5.75 Å². The maximum atomic E-state index is 11.0. The SMILES string of the molecule is CC(C)Oc1cc([N+](=O)[O-])ccc1N1CCC(N(C)C2CC2)CC1. The number of piperidine rings is 1. The molecule has 1 saturated carbocycles. The summed E-state index contributed by atoms with van der Waals surface area (Å²) in [6.45, 7) is 5.82. The minimum atomic E-state index is -0.367. The molecule has 6 nitrogen and oxygen atoms in total. The zero-order valence-electron chi connectivity index (χ0n) is 14.8. The van der Waals surface area contributed by atoms with E-state index in [1.807, 2.05) is 19.9 Å². The smallest absolute Gasteiger partial charge is 0.273 e. The van der Waals surface area contributed by atoms with Crippen LogP contribution in [0.3, 0.4) is 0 Å². The molecule has 1 aliphatic carbocycles. The maximum absolute atomic E-state index is 11.0. The largest absolute Gasteiger partial charge is 0.489 e. The van der Waals surface area contributed by atoms with Crippen molar-refractivity contribution in [1.82, 2.24) is 4.90 Å². The molecule has 0 amide bonds. The van der Waals surface area contributed by atoms with Crippen LogP contribution in [0.15, 0.2) is 18.2 Å². The molecule has 6 heteroatoms. The third kappa shape index (κ3) is 3.80. The van der Waals surface area contributed by atoms with Crippen LogP contribution in [0.25, 0.3) is 0 Å². The number of non-ortho nitro benzene ring substituents is 1. The van der Waals surface area contributed by atoms with Gasteiger partial charge in [0.2, 0.25) is 0 Å². The van der Waals surface area contributed by atoms with Crippen LogP contribution in [0.2, 0.25) is 0 Å². The molecule has 3 rings (SSSR count). The molecule has 2 fully saturated rings. The van der Waals surface area contributed by atoms with Gasteiger partial charge in [-0.15, -0.1) is 0 Å². The van der Waals surface area contributed by atoms with E-state index in [4.69, 9.17) is 4.74 Å². The zero-order valence-corrected chi connectivity index (χ0v) is 14.8. The van der Waals surface area contributed by atoms with Gasteiger partial charge in [-0.2, -0.15) is 0 Å². The first-order chi connectivity index (χ1) is 11.5. The second-order valence-corrected chi connectivity index (χ2v) is 7.19. The summed E-state index contributed by atoms with van der Waals surface area (Å²) in [6.07, 6.45) is 4.93. The second kappa shape index (κ2) is 6.97. The van der Waals surface area contributed by atoms with Crippen molar-refractivity contribution in [3.63, 3.8) is 0 Å². The Kier molecular flexibility index (Phi) is 4.94. The number of benzene rings is 1. The number of nitro benzene ring substituents is 1. The molecular weight excluding hydrogens is 306 g/mol. The molecule has 132 valence electrons. The lowest BCUT2D eigenvalue weighted by Gasteiger charge is -2.38. The Balaban J connectivity index is 1.72. The Morgan fingerprint density at radius 2 is 1.83 bits per heavy atom.